The summed E-state index contributed by atoms with van der Waals surface area (Å²) in [5, 5.41) is 8.81. The third kappa shape index (κ3) is 3.94. The number of carbonyl (C=O) groups is 1. The van der Waals surface area contributed by atoms with Crippen molar-refractivity contribution in [2.75, 3.05) is 18.9 Å². The molecule has 1 aromatic heterocycles. The van der Waals surface area contributed by atoms with E-state index in [4.69, 9.17) is 29.1 Å². The summed E-state index contributed by atoms with van der Waals surface area (Å²) in [7, 11) is -4.36. The van der Waals surface area contributed by atoms with Crippen LogP contribution in [0.3, 0.4) is 0 Å². The van der Waals surface area contributed by atoms with Gasteiger partial charge in [0.1, 0.15) is 11.9 Å². The van der Waals surface area contributed by atoms with E-state index in [0.717, 1.165) is 12.3 Å². The molecule has 2 saturated heterocycles. The minimum atomic E-state index is -4.36. The van der Waals surface area contributed by atoms with E-state index in [0.29, 0.717) is 4.57 Å². The molecule has 3 heterocycles. The number of fused-ring (bicyclic) bond motifs is 1. The minimum absolute atomic E-state index is 0.0256. The summed E-state index contributed by atoms with van der Waals surface area (Å²) >= 11 is 0. The van der Waals surface area contributed by atoms with E-state index in [1.165, 1.54) is 6.92 Å². The fourth-order valence-electron chi connectivity index (χ4n) is 2.70. The molecule has 11 nitrogen and oxygen atoms in total. The number of halogens is 2. The van der Waals surface area contributed by atoms with E-state index in [9.17, 15) is 22.9 Å². The zero-order valence-electron chi connectivity index (χ0n) is 14.6. The van der Waals surface area contributed by atoms with Crippen LogP contribution in [-0.4, -0.2) is 52.0 Å². The van der Waals surface area contributed by atoms with Crippen molar-refractivity contribution in [2.24, 2.45) is 5.92 Å². The molecule has 0 saturated carbocycles. The number of nitrogens with zero attached hydrogens (tertiary/aromatic N) is 2. The van der Waals surface area contributed by atoms with E-state index in [2.05, 4.69) is 4.98 Å². The summed E-state index contributed by atoms with van der Waals surface area (Å²) in [6, 6.07) is 1.15. The third-order valence-electron chi connectivity index (χ3n) is 4.32. The fraction of sp³-hybridized carbons (Fsp3) is 0.643. The number of carboxylic acid groups (broad SMARTS) is 1. The van der Waals surface area contributed by atoms with Gasteiger partial charge >= 0.3 is 25.4 Å². The Bertz CT molecular complexity index is 865. The normalized spacial score (nSPS) is 32.6. The van der Waals surface area contributed by atoms with Crippen molar-refractivity contribution in [1.29, 1.82) is 0 Å². The number of nitrogens with two attached hydrogens (primary N) is 1. The van der Waals surface area contributed by atoms with Crippen LogP contribution in [0, 0.1) is 5.92 Å². The molecular formula is C14H18F2N3O8P. The number of phosphoric ester groups is 1. The Hall–Kier alpha value is -1.92. The number of alkyl halides is 2. The molecular weight excluding hydrogens is 407 g/mol. The number of hydrogen-bond acceptors (Lipinski definition) is 9. The number of hydrogen-bond donors (Lipinski definition) is 2. The van der Waals surface area contributed by atoms with E-state index >= 15 is 0 Å². The average Bonchev–Trinajstić information content (AvgIpc) is 2.85. The lowest BCUT2D eigenvalue weighted by molar-refractivity contribution is -0.142. The minimum Gasteiger partial charge on any atom is -0.481 e. The molecule has 156 valence electrons. The molecule has 3 N–H and O–H groups in total. The topological polar surface area (TPSA) is 152 Å². The zero-order chi connectivity index (χ0) is 20.7. The SMILES string of the molecule is C[C@H](CCOP1(=O)OC[C@H]2O[C@@H](n3ccc(N)nc3=O)C(F)(F)[C@@H]2O1)C(=O)O. The summed E-state index contributed by atoms with van der Waals surface area (Å²) in [6.45, 7) is 0.543. The molecule has 5 atom stereocenters. The Morgan fingerprint density at radius 1 is 1.61 bits per heavy atom. The molecule has 1 aromatic rings. The van der Waals surface area contributed by atoms with E-state index in [1.807, 2.05) is 0 Å². The van der Waals surface area contributed by atoms with Crippen molar-refractivity contribution in [3.05, 3.63) is 22.7 Å². The van der Waals surface area contributed by atoms with E-state index < -0.39 is 56.4 Å². The summed E-state index contributed by atoms with van der Waals surface area (Å²) in [5.41, 5.74) is 4.30. The van der Waals surface area contributed by atoms with Crippen LogP contribution in [0.5, 0.6) is 0 Å². The molecule has 0 radical (unpaired) electrons. The molecule has 2 fully saturated rings. The van der Waals surface area contributed by atoms with Crippen molar-refractivity contribution in [3.8, 4) is 0 Å². The van der Waals surface area contributed by atoms with Crippen molar-refractivity contribution in [2.45, 2.75) is 37.7 Å². The molecule has 0 spiro atoms. The van der Waals surface area contributed by atoms with Gasteiger partial charge in [-0.05, 0) is 12.5 Å². The summed E-state index contributed by atoms with van der Waals surface area (Å²) in [4.78, 5) is 26.0. The van der Waals surface area contributed by atoms with Crippen LogP contribution in [0.25, 0.3) is 0 Å². The van der Waals surface area contributed by atoms with Crippen LogP contribution in [0.1, 0.15) is 19.6 Å². The number of ether oxygens (including phenoxy) is 1. The number of nitrogen functional groups attached to an aromatic ring is 1. The first-order chi connectivity index (χ1) is 13.0. The predicted molar refractivity (Wildman–Crippen MR) is 87.6 cm³/mol. The Morgan fingerprint density at radius 2 is 2.32 bits per heavy atom. The van der Waals surface area contributed by atoms with Crippen LogP contribution in [-0.2, 0) is 27.7 Å². The fourth-order valence-corrected chi connectivity index (χ4v) is 4.11. The molecule has 28 heavy (non-hydrogen) atoms. The first kappa shape index (κ1) is 20.8. The maximum Gasteiger partial charge on any atom is 0.475 e. The predicted octanol–water partition coefficient (Wildman–Crippen LogP) is 1.01. The van der Waals surface area contributed by atoms with Gasteiger partial charge in [-0.25, -0.2) is 9.36 Å². The smallest absolute Gasteiger partial charge is 0.475 e. The van der Waals surface area contributed by atoms with Gasteiger partial charge in [-0.2, -0.15) is 13.8 Å². The molecule has 2 aliphatic rings. The Balaban J connectivity index is 1.73. The average molecular weight is 425 g/mol. The number of aromatic nitrogens is 2. The molecule has 0 aromatic carbocycles. The summed E-state index contributed by atoms with van der Waals surface area (Å²) < 4.78 is 62.6. The second kappa shape index (κ2) is 7.48. The highest BCUT2D eigenvalue weighted by molar-refractivity contribution is 7.48. The van der Waals surface area contributed by atoms with Gasteiger partial charge in [0.05, 0.1) is 19.1 Å². The molecule has 2 aliphatic heterocycles. The number of aliphatic carboxylic acids is 1. The lowest BCUT2D eigenvalue weighted by Crippen LogP contribution is -2.45. The van der Waals surface area contributed by atoms with Gasteiger partial charge in [-0.3, -0.25) is 22.9 Å². The number of carboxylic acids is 1. The van der Waals surface area contributed by atoms with Crippen molar-refractivity contribution in [3.63, 3.8) is 0 Å². The molecule has 0 bridgehead atoms. The lowest BCUT2D eigenvalue weighted by Gasteiger charge is -2.31. The van der Waals surface area contributed by atoms with E-state index in [1.54, 1.807) is 0 Å². The van der Waals surface area contributed by atoms with Crippen molar-refractivity contribution < 1.29 is 41.6 Å². The highest BCUT2D eigenvalue weighted by Gasteiger charge is 2.65. The second-order valence-corrected chi connectivity index (χ2v) is 8.00. The quantitative estimate of drug-likeness (QED) is 0.632. The maximum atomic E-state index is 14.8. The molecule has 0 amide bonds. The molecule has 1 unspecified atom stereocenters. The van der Waals surface area contributed by atoms with Gasteiger partial charge in [0.25, 0.3) is 0 Å². The zero-order valence-corrected chi connectivity index (χ0v) is 15.5. The van der Waals surface area contributed by atoms with Crippen molar-refractivity contribution in [1.82, 2.24) is 9.55 Å². The first-order valence-corrected chi connectivity index (χ1v) is 9.68. The van der Waals surface area contributed by atoms with Gasteiger partial charge in [0.2, 0.25) is 6.23 Å². The third-order valence-corrected chi connectivity index (χ3v) is 5.76. The maximum absolute atomic E-state index is 14.8. The van der Waals surface area contributed by atoms with Gasteiger partial charge < -0.3 is 15.6 Å². The molecule has 0 aliphatic carbocycles. The number of anilines is 1. The highest BCUT2D eigenvalue weighted by Crippen LogP contribution is 2.59. The van der Waals surface area contributed by atoms with Crippen LogP contribution in [0.2, 0.25) is 0 Å². The highest BCUT2D eigenvalue weighted by atomic mass is 31.2. The van der Waals surface area contributed by atoms with Gasteiger partial charge in [-0.15, -0.1) is 0 Å². The van der Waals surface area contributed by atoms with Gasteiger partial charge in [0.15, 0.2) is 6.10 Å². The summed E-state index contributed by atoms with van der Waals surface area (Å²) in [6.07, 6.45) is -4.40. The second-order valence-electron chi connectivity index (χ2n) is 6.37. The van der Waals surface area contributed by atoms with Gasteiger partial charge in [0, 0.05) is 6.20 Å². The number of rotatable bonds is 6. The number of phosphoric acid groups is 1. The molecule has 14 heteroatoms. The standard InChI is InChI=1S/C14H18F2N3O8P/c1-7(11(20)21)3-5-24-28(23)25-6-8-10(27-28)14(15,16)12(26-8)19-4-2-9(17)18-13(19)22/h2,4,7-8,10,12H,3,5-6H2,1H3,(H,20,21)(H2,17,18,22)/t7-,8-,10-,12-,28?/m1/s1. The Morgan fingerprint density at radius 3 is 2.96 bits per heavy atom. The van der Waals surface area contributed by atoms with Gasteiger partial charge in [-0.1, -0.05) is 6.92 Å². The largest absolute Gasteiger partial charge is 0.481 e. The first-order valence-electron chi connectivity index (χ1n) is 8.22. The lowest BCUT2D eigenvalue weighted by atomic mass is 10.1. The molecule has 3 rings (SSSR count). The van der Waals surface area contributed by atoms with Crippen LogP contribution in [0.15, 0.2) is 17.1 Å². The monoisotopic (exact) mass is 425 g/mol. The van der Waals surface area contributed by atoms with Crippen LogP contribution < -0.4 is 11.4 Å². The van der Waals surface area contributed by atoms with Crippen molar-refractivity contribution >= 4 is 19.6 Å². The Kier molecular flexibility index (Phi) is 5.56. The van der Waals surface area contributed by atoms with Crippen LogP contribution in [0.4, 0.5) is 14.6 Å². The van der Waals surface area contributed by atoms with E-state index in [-0.39, 0.29) is 18.8 Å². The summed E-state index contributed by atoms with van der Waals surface area (Å²) in [5.74, 6) is -5.79. The Labute approximate surface area is 157 Å². The van der Waals surface area contributed by atoms with Crippen LogP contribution >= 0.6 is 7.82 Å².